The van der Waals surface area contributed by atoms with Crippen LogP contribution in [0.1, 0.15) is 27.7 Å². The molecule has 32 heavy (non-hydrogen) atoms. The van der Waals surface area contributed by atoms with Crippen molar-refractivity contribution >= 4 is 17.2 Å². The first-order chi connectivity index (χ1) is 15.5. The number of hydrogen-bond donors (Lipinski definition) is 1. The first-order valence-electron chi connectivity index (χ1n) is 10.2. The molecule has 1 N–H and O–H groups in total. The van der Waals surface area contributed by atoms with E-state index in [1.54, 1.807) is 29.1 Å². The van der Waals surface area contributed by atoms with Crippen molar-refractivity contribution in [3.63, 3.8) is 0 Å². The van der Waals surface area contributed by atoms with E-state index in [2.05, 4.69) is 15.3 Å². The Hall–Kier alpha value is -3.52. The van der Waals surface area contributed by atoms with Gasteiger partial charge in [0, 0.05) is 24.3 Å². The molecule has 2 aromatic heterocycles. The van der Waals surface area contributed by atoms with E-state index in [1.165, 1.54) is 23.0 Å². The number of ether oxygens (including phenoxy) is 1. The van der Waals surface area contributed by atoms with Crippen molar-refractivity contribution in [3.8, 4) is 11.4 Å². The van der Waals surface area contributed by atoms with Crippen molar-refractivity contribution in [1.82, 2.24) is 19.9 Å². The Labute approximate surface area is 189 Å². The Morgan fingerprint density at radius 3 is 2.72 bits per heavy atom. The number of aryl methyl sites for hydroxylation is 2. The summed E-state index contributed by atoms with van der Waals surface area (Å²) in [7, 11) is 0. The number of amides is 1. The van der Waals surface area contributed by atoms with Crippen LogP contribution in [0.3, 0.4) is 0 Å². The van der Waals surface area contributed by atoms with Gasteiger partial charge in [0.25, 0.3) is 0 Å². The van der Waals surface area contributed by atoms with Crippen LogP contribution in [0.15, 0.2) is 60.2 Å². The van der Waals surface area contributed by atoms with Crippen molar-refractivity contribution < 1.29 is 13.9 Å². The van der Waals surface area contributed by atoms with E-state index in [0.29, 0.717) is 29.4 Å². The maximum absolute atomic E-state index is 14.5. The van der Waals surface area contributed by atoms with E-state index >= 15 is 0 Å². The lowest BCUT2D eigenvalue weighted by Gasteiger charge is -2.09. The number of hydrogen-bond acceptors (Lipinski definition) is 5. The number of nitrogens with zero attached hydrogens (tertiary/aromatic N) is 3. The highest BCUT2D eigenvalue weighted by Crippen LogP contribution is 2.18. The number of halogens is 1. The largest absolute Gasteiger partial charge is 0.486 e. The number of imidazole rings is 1. The monoisotopic (exact) mass is 450 g/mol. The third-order valence-corrected chi connectivity index (χ3v) is 5.78. The van der Waals surface area contributed by atoms with Crippen molar-refractivity contribution in [2.24, 2.45) is 0 Å². The molecule has 0 fully saturated rings. The Morgan fingerprint density at radius 1 is 1.19 bits per heavy atom. The van der Waals surface area contributed by atoms with Gasteiger partial charge in [-0.15, -0.1) is 11.3 Å². The van der Waals surface area contributed by atoms with Gasteiger partial charge in [0.1, 0.15) is 29.0 Å². The minimum atomic E-state index is -0.365. The molecule has 164 valence electrons. The summed E-state index contributed by atoms with van der Waals surface area (Å²) in [6, 6.07) is 12.7. The molecule has 0 unspecified atom stereocenters. The smallest absolute Gasteiger partial charge is 0.226 e. The SMILES string of the molecule is Cc1ccc(OCc2nc(CC(=O)NCc3ccc(-n4ccnc4C)c(F)c3)cs2)cc1. The van der Waals surface area contributed by atoms with Gasteiger partial charge in [0.15, 0.2) is 0 Å². The zero-order chi connectivity index (χ0) is 22.5. The number of thiazole rings is 1. The summed E-state index contributed by atoms with van der Waals surface area (Å²) in [5.41, 5.74) is 2.97. The van der Waals surface area contributed by atoms with Crippen molar-refractivity contribution in [2.45, 2.75) is 33.4 Å². The zero-order valence-electron chi connectivity index (χ0n) is 17.8. The summed E-state index contributed by atoms with van der Waals surface area (Å²) in [6.07, 6.45) is 3.50. The van der Waals surface area contributed by atoms with Crippen molar-refractivity contribution in [3.05, 3.63) is 93.7 Å². The summed E-state index contributed by atoms with van der Waals surface area (Å²) in [5.74, 6) is 0.954. The minimum absolute atomic E-state index is 0.163. The lowest BCUT2D eigenvalue weighted by molar-refractivity contribution is -0.120. The highest BCUT2D eigenvalue weighted by atomic mass is 32.1. The van der Waals surface area contributed by atoms with Crippen LogP contribution in [0.5, 0.6) is 5.75 Å². The molecule has 0 aliphatic heterocycles. The lowest BCUT2D eigenvalue weighted by Crippen LogP contribution is -2.24. The van der Waals surface area contributed by atoms with Crippen LogP contribution in [0.25, 0.3) is 5.69 Å². The van der Waals surface area contributed by atoms with Crippen molar-refractivity contribution in [2.75, 3.05) is 0 Å². The van der Waals surface area contributed by atoms with Gasteiger partial charge < -0.3 is 14.6 Å². The van der Waals surface area contributed by atoms with E-state index in [4.69, 9.17) is 4.74 Å². The number of aromatic nitrogens is 3. The molecule has 1 amide bonds. The number of benzene rings is 2. The lowest BCUT2D eigenvalue weighted by atomic mass is 10.2. The molecule has 4 aromatic rings. The first kappa shape index (κ1) is 21.7. The van der Waals surface area contributed by atoms with Gasteiger partial charge in [-0.25, -0.2) is 14.4 Å². The Kier molecular flexibility index (Phi) is 6.61. The van der Waals surface area contributed by atoms with E-state index in [9.17, 15) is 9.18 Å². The Morgan fingerprint density at radius 2 is 2.00 bits per heavy atom. The average Bonchev–Trinajstić information content (AvgIpc) is 3.41. The van der Waals surface area contributed by atoms with Crippen LogP contribution in [-0.2, 0) is 24.4 Å². The summed E-state index contributed by atoms with van der Waals surface area (Å²) >= 11 is 1.46. The molecule has 0 saturated heterocycles. The highest BCUT2D eigenvalue weighted by molar-refractivity contribution is 7.09. The predicted molar refractivity (Wildman–Crippen MR) is 121 cm³/mol. The molecule has 0 saturated carbocycles. The molecule has 0 atom stereocenters. The van der Waals surface area contributed by atoms with Gasteiger partial charge in [-0.2, -0.15) is 0 Å². The van der Waals surface area contributed by atoms with E-state index in [-0.39, 0.29) is 24.7 Å². The topological polar surface area (TPSA) is 69.0 Å². The molecule has 0 aliphatic rings. The summed E-state index contributed by atoms with van der Waals surface area (Å²) in [6.45, 7) is 4.44. The first-order valence-corrected chi connectivity index (χ1v) is 11.0. The Balaban J connectivity index is 1.27. The highest BCUT2D eigenvalue weighted by Gasteiger charge is 2.11. The fraction of sp³-hybridized carbons (Fsp3) is 0.208. The second-order valence-corrected chi connectivity index (χ2v) is 8.36. The van der Waals surface area contributed by atoms with Crippen molar-refractivity contribution in [1.29, 1.82) is 0 Å². The summed E-state index contributed by atoms with van der Waals surface area (Å²) in [4.78, 5) is 20.9. The van der Waals surface area contributed by atoms with Crippen LogP contribution in [-0.4, -0.2) is 20.4 Å². The van der Waals surface area contributed by atoms with Gasteiger partial charge in [-0.1, -0.05) is 23.8 Å². The van der Waals surface area contributed by atoms with Gasteiger partial charge in [-0.3, -0.25) is 4.79 Å². The van der Waals surface area contributed by atoms with Crippen LogP contribution in [0, 0.1) is 19.7 Å². The maximum Gasteiger partial charge on any atom is 0.226 e. The summed E-state index contributed by atoms with van der Waals surface area (Å²) < 4.78 is 21.9. The molecule has 6 nitrogen and oxygen atoms in total. The van der Waals surface area contributed by atoms with Gasteiger partial charge in [-0.05, 0) is 43.7 Å². The number of carbonyl (C=O) groups excluding carboxylic acids is 1. The summed E-state index contributed by atoms with van der Waals surface area (Å²) in [5, 5.41) is 5.48. The van der Waals surface area contributed by atoms with E-state index in [1.807, 2.05) is 43.5 Å². The normalized spacial score (nSPS) is 10.8. The van der Waals surface area contributed by atoms with Crippen LogP contribution in [0.4, 0.5) is 4.39 Å². The third kappa shape index (κ3) is 5.39. The quantitative estimate of drug-likeness (QED) is 0.429. The van der Waals surface area contributed by atoms with Crippen LogP contribution in [0.2, 0.25) is 0 Å². The standard InChI is InChI=1S/C24H23FN4O2S/c1-16-3-6-20(7-4-16)31-14-24-28-19(15-32-24)12-23(30)27-13-18-5-8-22(21(25)11-18)29-10-9-26-17(29)2/h3-11,15H,12-14H2,1-2H3,(H,27,30). The second kappa shape index (κ2) is 9.74. The van der Waals surface area contributed by atoms with Gasteiger partial charge in [0.2, 0.25) is 5.91 Å². The minimum Gasteiger partial charge on any atom is -0.486 e. The number of rotatable bonds is 8. The van der Waals surface area contributed by atoms with Gasteiger partial charge >= 0.3 is 0 Å². The third-order valence-electron chi connectivity index (χ3n) is 4.91. The van der Waals surface area contributed by atoms with E-state index in [0.717, 1.165) is 10.8 Å². The second-order valence-electron chi connectivity index (χ2n) is 7.42. The van der Waals surface area contributed by atoms with Gasteiger partial charge in [0.05, 0.1) is 17.8 Å². The maximum atomic E-state index is 14.5. The number of carbonyl (C=O) groups is 1. The zero-order valence-corrected chi connectivity index (χ0v) is 18.7. The average molecular weight is 451 g/mol. The van der Waals surface area contributed by atoms with Crippen LogP contribution < -0.4 is 10.1 Å². The molecule has 0 spiro atoms. The fourth-order valence-corrected chi connectivity index (χ4v) is 3.90. The molecule has 0 bridgehead atoms. The molecule has 2 heterocycles. The fourth-order valence-electron chi connectivity index (χ4n) is 3.19. The molecular formula is C24H23FN4O2S. The predicted octanol–water partition coefficient (Wildman–Crippen LogP) is 4.52. The molecule has 4 rings (SSSR count). The molecule has 2 aromatic carbocycles. The molecule has 0 radical (unpaired) electrons. The molecular weight excluding hydrogens is 427 g/mol. The molecule has 0 aliphatic carbocycles. The number of nitrogens with one attached hydrogen (secondary N) is 1. The van der Waals surface area contributed by atoms with E-state index < -0.39 is 0 Å². The molecule has 8 heteroatoms. The Bertz CT molecular complexity index is 1220. The van der Waals surface area contributed by atoms with Crippen LogP contribution >= 0.6 is 11.3 Å².